The van der Waals surface area contributed by atoms with Crippen LogP contribution in [0.1, 0.15) is 78.6 Å². The summed E-state index contributed by atoms with van der Waals surface area (Å²) in [5.41, 5.74) is 1.72. The van der Waals surface area contributed by atoms with Crippen molar-refractivity contribution in [2.75, 3.05) is 0 Å². The van der Waals surface area contributed by atoms with E-state index in [1.165, 1.54) is 57.8 Å². The van der Waals surface area contributed by atoms with Crippen molar-refractivity contribution in [1.29, 1.82) is 0 Å². The molecular weight excluding hydrogens is 194 g/mol. The van der Waals surface area contributed by atoms with E-state index >= 15 is 0 Å². The van der Waals surface area contributed by atoms with E-state index in [0.29, 0.717) is 16.6 Å². The van der Waals surface area contributed by atoms with E-state index in [1.807, 2.05) is 0 Å². The van der Waals surface area contributed by atoms with Crippen molar-refractivity contribution < 1.29 is 0 Å². The van der Waals surface area contributed by atoms with Gasteiger partial charge in [0.2, 0.25) is 0 Å². The second-order valence-electron chi connectivity index (χ2n) is 7.16. The fourth-order valence-electron chi connectivity index (χ4n) is 5.52. The fraction of sp³-hybridized carbons (Fsp3) is 1.00. The zero-order valence-corrected chi connectivity index (χ0v) is 11.3. The van der Waals surface area contributed by atoms with E-state index in [-0.39, 0.29) is 0 Å². The highest BCUT2D eigenvalue weighted by Crippen LogP contribution is 2.61. The normalized spacial score (nSPS) is 51.9. The third-order valence-electron chi connectivity index (χ3n) is 5.96. The minimum absolute atomic E-state index is 0.554. The zero-order valence-electron chi connectivity index (χ0n) is 11.3. The van der Waals surface area contributed by atoms with Gasteiger partial charge >= 0.3 is 0 Å². The van der Waals surface area contributed by atoms with Gasteiger partial charge < -0.3 is 0 Å². The van der Waals surface area contributed by atoms with Crippen LogP contribution in [-0.2, 0) is 0 Å². The molecule has 0 spiro atoms. The quantitative estimate of drug-likeness (QED) is 0.678. The van der Waals surface area contributed by atoms with Crippen LogP contribution in [0.25, 0.3) is 0 Å². The molecule has 3 rings (SSSR count). The zero-order chi connectivity index (χ0) is 11.4. The first kappa shape index (κ1) is 11.1. The van der Waals surface area contributed by atoms with Gasteiger partial charge in [0, 0.05) is 16.6 Å². The summed E-state index contributed by atoms with van der Waals surface area (Å²) in [5.74, 6) is 0. The maximum atomic E-state index is 3.01. The molecule has 0 bridgehead atoms. The number of piperidine rings is 1. The van der Waals surface area contributed by atoms with Gasteiger partial charge in [-0.25, -0.2) is 0 Å². The van der Waals surface area contributed by atoms with Crippen LogP contribution < -0.4 is 0 Å². The number of hydrogen-bond donors (Lipinski definition) is 0. The van der Waals surface area contributed by atoms with Crippen molar-refractivity contribution in [2.24, 2.45) is 0 Å². The summed E-state index contributed by atoms with van der Waals surface area (Å²) in [6.45, 7) is 7.46. The molecule has 0 aromatic rings. The topological polar surface area (TPSA) is 3.24 Å². The van der Waals surface area contributed by atoms with Crippen molar-refractivity contribution in [3.05, 3.63) is 0 Å². The van der Waals surface area contributed by atoms with E-state index in [4.69, 9.17) is 0 Å². The molecule has 0 aliphatic carbocycles. The third-order valence-corrected chi connectivity index (χ3v) is 5.96. The Balaban J connectivity index is 2.00. The molecule has 3 aliphatic rings. The highest BCUT2D eigenvalue weighted by atomic mass is 15.4. The molecule has 3 saturated heterocycles. The average Bonchev–Trinajstić information content (AvgIpc) is 2.68. The Morgan fingerprint density at radius 2 is 1.44 bits per heavy atom. The minimum Gasteiger partial charge on any atom is -0.287 e. The van der Waals surface area contributed by atoms with Gasteiger partial charge in [-0.15, -0.1) is 0 Å². The molecule has 92 valence electrons. The SMILES string of the molecule is CCCC12CCC3(C)CCCC(C)(CC1)N32. The molecule has 2 atom stereocenters. The Morgan fingerprint density at radius 3 is 1.94 bits per heavy atom. The second-order valence-corrected chi connectivity index (χ2v) is 7.16. The third kappa shape index (κ3) is 1.21. The fourth-order valence-corrected chi connectivity index (χ4v) is 5.52. The Labute approximate surface area is 101 Å². The van der Waals surface area contributed by atoms with Gasteiger partial charge in [-0.05, 0) is 65.2 Å². The molecule has 1 heteroatoms. The molecule has 3 fully saturated rings. The first-order valence-electron chi connectivity index (χ1n) is 7.35. The molecule has 16 heavy (non-hydrogen) atoms. The van der Waals surface area contributed by atoms with Crippen LogP contribution >= 0.6 is 0 Å². The molecule has 2 unspecified atom stereocenters. The smallest absolute Gasteiger partial charge is 0.0221 e. The number of rotatable bonds is 2. The van der Waals surface area contributed by atoms with Crippen LogP contribution in [0.2, 0.25) is 0 Å². The molecule has 3 aliphatic heterocycles. The van der Waals surface area contributed by atoms with Crippen LogP contribution in [0.5, 0.6) is 0 Å². The van der Waals surface area contributed by atoms with E-state index < -0.39 is 0 Å². The monoisotopic (exact) mass is 221 g/mol. The van der Waals surface area contributed by atoms with Crippen molar-refractivity contribution in [1.82, 2.24) is 4.90 Å². The Kier molecular flexibility index (Phi) is 2.25. The molecule has 3 heterocycles. The average molecular weight is 221 g/mol. The lowest BCUT2D eigenvalue weighted by Crippen LogP contribution is -2.60. The van der Waals surface area contributed by atoms with Crippen LogP contribution in [-0.4, -0.2) is 21.5 Å². The van der Waals surface area contributed by atoms with E-state index in [9.17, 15) is 0 Å². The molecule has 0 aromatic heterocycles. The maximum absolute atomic E-state index is 3.01. The second kappa shape index (κ2) is 3.25. The summed E-state index contributed by atoms with van der Waals surface area (Å²) in [6, 6.07) is 0. The molecule has 0 radical (unpaired) electrons. The Bertz CT molecular complexity index is 276. The van der Waals surface area contributed by atoms with Crippen molar-refractivity contribution >= 4 is 0 Å². The molecule has 0 amide bonds. The molecule has 0 N–H and O–H groups in total. The molecule has 1 nitrogen and oxygen atoms in total. The van der Waals surface area contributed by atoms with Gasteiger partial charge in [-0.3, -0.25) is 4.90 Å². The highest BCUT2D eigenvalue weighted by molar-refractivity contribution is 5.19. The van der Waals surface area contributed by atoms with E-state index in [0.717, 1.165) is 0 Å². The lowest BCUT2D eigenvalue weighted by atomic mass is 9.78. The summed E-state index contributed by atoms with van der Waals surface area (Å²) in [5, 5.41) is 0. The largest absolute Gasteiger partial charge is 0.287 e. The van der Waals surface area contributed by atoms with Gasteiger partial charge in [-0.2, -0.15) is 0 Å². The molecular formula is C15H27N. The lowest BCUT2D eigenvalue weighted by Gasteiger charge is -2.53. The van der Waals surface area contributed by atoms with Gasteiger partial charge in [0.1, 0.15) is 0 Å². The van der Waals surface area contributed by atoms with Gasteiger partial charge in [0.05, 0.1) is 0 Å². The minimum atomic E-state index is 0.554. The van der Waals surface area contributed by atoms with Crippen molar-refractivity contribution in [3.8, 4) is 0 Å². The van der Waals surface area contributed by atoms with Crippen LogP contribution in [0.15, 0.2) is 0 Å². The van der Waals surface area contributed by atoms with Crippen LogP contribution in [0.3, 0.4) is 0 Å². The highest BCUT2D eigenvalue weighted by Gasteiger charge is 2.63. The van der Waals surface area contributed by atoms with E-state index in [2.05, 4.69) is 25.7 Å². The van der Waals surface area contributed by atoms with Crippen LogP contribution in [0.4, 0.5) is 0 Å². The summed E-state index contributed by atoms with van der Waals surface area (Å²) in [6.07, 6.45) is 13.1. The first-order chi connectivity index (χ1) is 7.55. The van der Waals surface area contributed by atoms with Crippen molar-refractivity contribution in [3.63, 3.8) is 0 Å². The predicted octanol–water partition coefficient (Wildman–Crippen LogP) is 4.12. The Hall–Kier alpha value is -0.0400. The van der Waals surface area contributed by atoms with Crippen molar-refractivity contribution in [2.45, 2.75) is 95.2 Å². The predicted molar refractivity (Wildman–Crippen MR) is 68.6 cm³/mol. The number of nitrogens with zero attached hydrogens (tertiary/aromatic N) is 1. The summed E-state index contributed by atoms with van der Waals surface area (Å²) < 4.78 is 0. The maximum Gasteiger partial charge on any atom is 0.0221 e. The van der Waals surface area contributed by atoms with E-state index in [1.54, 1.807) is 0 Å². The summed E-state index contributed by atoms with van der Waals surface area (Å²) in [7, 11) is 0. The molecule has 0 aromatic carbocycles. The van der Waals surface area contributed by atoms with Gasteiger partial charge in [0.15, 0.2) is 0 Å². The summed E-state index contributed by atoms with van der Waals surface area (Å²) in [4.78, 5) is 3.01. The standard InChI is InChI=1S/C15H27N/c1-4-6-15-11-9-13(2)7-5-8-14(3,10-12-15)16(13)15/h4-12H2,1-3H3. The van der Waals surface area contributed by atoms with Gasteiger partial charge in [0.25, 0.3) is 0 Å². The summed E-state index contributed by atoms with van der Waals surface area (Å²) >= 11 is 0. The Morgan fingerprint density at radius 1 is 0.875 bits per heavy atom. The molecule has 0 saturated carbocycles. The first-order valence-corrected chi connectivity index (χ1v) is 7.35. The van der Waals surface area contributed by atoms with Gasteiger partial charge in [-0.1, -0.05) is 13.3 Å². The van der Waals surface area contributed by atoms with Crippen LogP contribution in [0, 0.1) is 0 Å². The number of hydrogen-bond acceptors (Lipinski definition) is 1. The lowest BCUT2D eigenvalue weighted by molar-refractivity contribution is -0.0431.